The number of halogens is 1. The topological polar surface area (TPSA) is 79.3 Å². The lowest BCUT2D eigenvalue weighted by atomic mass is 10.2. The highest BCUT2D eigenvalue weighted by Crippen LogP contribution is 2.13. The van der Waals surface area contributed by atoms with Crippen molar-refractivity contribution in [1.29, 1.82) is 0 Å². The van der Waals surface area contributed by atoms with Gasteiger partial charge in [0, 0.05) is 30.0 Å². The van der Waals surface area contributed by atoms with Crippen LogP contribution in [-0.4, -0.2) is 31.7 Å². The van der Waals surface area contributed by atoms with Gasteiger partial charge in [-0.25, -0.2) is 13.1 Å². The van der Waals surface area contributed by atoms with E-state index >= 15 is 0 Å². The Balaban J connectivity index is 2.51. The van der Waals surface area contributed by atoms with Crippen LogP contribution in [0.1, 0.15) is 19.3 Å². The number of pyridine rings is 1. The highest BCUT2D eigenvalue weighted by molar-refractivity contribution is 9.10. The number of hydrogen-bond acceptors (Lipinski definition) is 4. The van der Waals surface area contributed by atoms with E-state index in [-0.39, 0.29) is 11.5 Å². The van der Waals surface area contributed by atoms with Crippen LogP contribution in [0.15, 0.2) is 27.8 Å². The number of unbranched alkanes of at least 4 members (excludes halogenated alkanes) is 2. The second kappa shape index (κ2) is 7.05. The normalized spacial score (nSPS) is 11.6. The van der Waals surface area contributed by atoms with Crippen molar-refractivity contribution < 1.29 is 13.5 Å². The Labute approximate surface area is 109 Å². The minimum absolute atomic E-state index is 0.141. The number of nitrogens with one attached hydrogen (secondary N) is 1. The summed E-state index contributed by atoms with van der Waals surface area (Å²) >= 11 is 3.17. The van der Waals surface area contributed by atoms with E-state index in [0.717, 1.165) is 6.42 Å². The summed E-state index contributed by atoms with van der Waals surface area (Å²) in [5.74, 6) is 0. The van der Waals surface area contributed by atoms with Gasteiger partial charge in [-0.15, -0.1) is 0 Å². The summed E-state index contributed by atoms with van der Waals surface area (Å²) < 4.78 is 26.7. The molecule has 17 heavy (non-hydrogen) atoms. The van der Waals surface area contributed by atoms with Crippen molar-refractivity contribution in [3.05, 3.63) is 22.9 Å². The van der Waals surface area contributed by atoms with Crippen molar-refractivity contribution >= 4 is 26.0 Å². The molecule has 0 unspecified atom stereocenters. The Hall–Kier alpha value is -0.500. The van der Waals surface area contributed by atoms with Crippen molar-refractivity contribution in [3.63, 3.8) is 0 Å². The van der Waals surface area contributed by atoms with Gasteiger partial charge in [0.1, 0.15) is 4.90 Å². The van der Waals surface area contributed by atoms with Gasteiger partial charge in [0.15, 0.2) is 0 Å². The molecule has 1 rings (SSSR count). The molecule has 1 aromatic heterocycles. The SMILES string of the molecule is O=S(=O)(NCCCCCO)c1cncc(Br)c1. The van der Waals surface area contributed by atoms with E-state index in [9.17, 15) is 8.42 Å². The van der Waals surface area contributed by atoms with Crippen LogP contribution >= 0.6 is 15.9 Å². The molecule has 1 heterocycles. The molecular weight excluding hydrogens is 308 g/mol. The zero-order valence-electron chi connectivity index (χ0n) is 9.26. The number of aliphatic hydroxyl groups is 1. The molecule has 5 nitrogen and oxygen atoms in total. The van der Waals surface area contributed by atoms with Crippen LogP contribution in [0.3, 0.4) is 0 Å². The quantitative estimate of drug-likeness (QED) is 0.741. The number of hydrogen-bond donors (Lipinski definition) is 2. The summed E-state index contributed by atoms with van der Waals surface area (Å²) in [6.45, 7) is 0.511. The Bertz CT molecular complexity index is 451. The van der Waals surface area contributed by atoms with Crippen LogP contribution in [0, 0.1) is 0 Å². The maximum atomic E-state index is 11.8. The molecule has 0 saturated carbocycles. The first-order valence-electron chi connectivity index (χ1n) is 5.27. The minimum Gasteiger partial charge on any atom is -0.396 e. The van der Waals surface area contributed by atoms with E-state index in [4.69, 9.17) is 5.11 Å². The maximum Gasteiger partial charge on any atom is 0.242 e. The van der Waals surface area contributed by atoms with Gasteiger partial charge in [-0.2, -0.15) is 0 Å². The smallest absolute Gasteiger partial charge is 0.242 e. The molecule has 2 N–H and O–H groups in total. The van der Waals surface area contributed by atoms with Crippen LogP contribution in [0.5, 0.6) is 0 Å². The fourth-order valence-electron chi connectivity index (χ4n) is 1.24. The summed E-state index contributed by atoms with van der Waals surface area (Å²) in [7, 11) is -3.47. The van der Waals surface area contributed by atoms with E-state index in [1.165, 1.54) is 18.5 Å². The molecule has 0 aromatic carbocycles. The summed E-state index contributed by atoms with van der Waals surface area (Å²) in [5, 5.41) is 8.58. The first kappa shape index (κ1) is 14.6. The van der Waals surface area contributed by atoms with E-state index in [1.54, 1.807) is 0 Å². The number of rotatable bonds is 7. The summed E-state index contributed by atoms with van der Waals surface area (Å²) in [6, 6.07) is 1.50. The van der Waals surface area contributed by atoms with Crippen LogP contribution < -0.4 is 4.72 Å². The van der Waals surface area contributed by atoms with Gasteiger partial charge in [0.2, 0.25) is 10.0 Å². The Morgan fingerprint density at radius 1 is 1.29 bits per heavy atom. The highest BCUT2D eigenvalue weighted by Gasteiger charge is 2.13. The first-order chi connectivity index (χ1) is 8.06. The molecule has 0 fully saturated rings. The maximum absolute atomic E-state index is 11.8. The van der Waals surface area contributed by atoms with Crippen molar-refractivity contribution in [2.24, 2.45) is 0 Å². The molecule has 0 amide bonds. The van der Waals surface area contributed by atoms with E-state index in [1.807, 2.05) is 0 Å². The van der Waals surface area contributed by atoms with Gasteiger partial charge in [-0.3, -0.25) is 4.98 Å². The molecular formula is C10H15BrN2O3S. The summed E-state index contributed by atoms with van der Waals surface area (Å²) in [4.78, 5) is 3.96. The van der Waals surface area contributed by atoms with E-state index in [0.29, 0.717) is 23.9 Å². The van der Waals surface area contributed by atoms with Crippen molar-refractivity contribution in [2.45, 2.75) is 24.2 Å². The average molecular weight is 323 g/mol. The molecule has 96 valence electrons. The third-order valence-electron chi connectivity index (χ3n) is 2.12. The number of aliphatic hydroxyl groups excluding tert-OH is 1. The predicted molar refractivity (Wildman–Crippen MR) is 68.1 cm³/mol. The van der Waals surface area contributed by atoms with E-state index in [2.05, 4.69) is 25.6 Å². The lowest BCUT2D eigenvalue weighted by Crippen LogP contribution is -2.25. The van der Waals surface area contributed by atoms with Crippen LogP contribution in [-0.2, 0) is 10.0 Å². The van der Waals surface area contributed by atoms with E-state index < -0.39 is 10.0 Å². The van der Waals surface area contributed by atoms with Gasteiger partial charge < -0.3 is 5.11 Å². The third-order valence-corrected chi connectivity index (χ3v) is 3.98. The molecule has 0 spiro atoms. The minimum atomic E-state index is -3.47. The second-order valence-corrected chi connectivity index (χ2v) is 6.20. The molecule has 0 saturated heterocycles. The molecule has 0 aliphatic heterocycles. The van der Waals surface area contributed by atoms with Gasteiger partial charge in [-0.1, -0.05) is 0 Å². The summed E-state index contributed by atoms with van der Waals surface area (Å²) in [6.07, 6.45) is 5.04. The molecule has 0 atom stereocenters. The lowest BCUT2D eigenvalue weighted by Gasteiger charge is -2.06. The highest BCUT2D eigenvalue weighted by atomic mass is 79.9. The van der Waals surface area contributed by atoms with Crippen molar-refractivity contribution in [3.8, 4) is 0 Å². The molecule has 0 radical (unpaired) electrons. The fourth-order valence-corrected chi connectivity index (χ4v) is 2.82. The van der Waals surface area contributed by atoms with Crippen LogP contribution in [0.4, 0.5) is 0 Å². The van der Waals surface area contributed by atoms with Gasteiger partial charge >= 0.3 is 0 Å². The predicted octanol–water partition coefficient (Wildman–Crippen LogP) is 1.28. The molecule has 0 aliphatic carbocycles. The molecule has 0 bridgehead atoms. The van der Waals surface area contributed by atoms with Crippen LogP contribution in [0.25, 0.3) is 0 Å². The zero-order valence-corrected chi connectivity index (χ0v) is 11.7. The third kappa shape index (κ3) is 5.12. The number of aromatic nitrogens is 1. The standard InChI is InChI=1S/C10H15BrN2O3S/c11-9-6-10(8-12-7-9)17(15,16)13-4-2-1-3-5-14/h6-8,13-14H,1-5H2. The fraction of sp³-hybridized carbons (Fsp3) is 0.500. The van der Waals surface area contributed by atoms with Crippen LogP contribution in [0.2, 0.25) is 0 Å². The lowest BCUT2D eigenvalue weighted by molar-refractivity contribution is 0.283. The van der Waals surface area contributed by atoms with Gasteiger partial charge in [0.05, 0.1) is 0 Å². The largest absolute Gasteiger partial charge is 0.396 e. The Kier molecular flexibility index (Phi) is 6.04. The van der Waals surface area contributed by atoms with Crippen molar-refractivity contribution in [2.75, 3.05) is 13.2 Å². The molecule has 1 aromatic rings. The average Bonchev–Trinajstić information content (AvgIpc) is 2.29. The Morgan fingerprint density at radius 3 is 2.71 bits per heavy atom. The Morgan fingerprint density at radius 2 is 2.06 bits per heavy atom. The monoisotopic (exact) mass is 322 g/mol. The second-order valence-electron chi connectivity index (χ2n) is 3.52. The first-order valence-corrected chi connectivity index (χ1v) is 7.55. The number of nitrogens with zero attached hydrogens (tertiary/aromatic N) is 1. The van der Waals surface area contributed by atoms with Gasteiger partial charge in [-0.05, 0) is 41.3 Å². The number of sulfonamides is 1. The van der Waals surface area contributed by atoms with Crippen molar-refractivity contribution in [1.82, 2.24) is 9.71 Å². The van der Waals surface area contributed by atoms with Gasteiger partial charge in [0.25, 0.3) is 0 Å². The summed E-state index contributed by atoms with van der Waals surface area (Å²) in [5.41, 5.74) is 0. The molecule has 7 heteroatoms. The molecule has 0 aliphatic rings. The zero-order chi connectivity index (χ0) is 12.7.